The van der Waals surface area contributed by atoms with Crippen molar-refractivity contribution in [3.8, 4) is 0 Å². The van der Waals surface area contributed by atoms with Crippen LogP contribution in [0.25, 0.3) is 0 Å². The van der Waals surface area contributed by atoms with Gasteiger partial charge in [-0.05, 0) is 0 Å². The zero-order chi connectivity index (χ0) is 19.0. The van der Waals surface area contributed by atoms with E-state index in [1.165, 1.54) is 25.3 Å². The van der Waals surface area contributed by atoms with Gasteiger partial charge in [0.05, 0.1) is 17.6 Å². The number of carbonyl (C=O) groups excluding carboxylic acids is 1. The third-order valence-corrected chi connectivity index (χ3v) is 4.21. The van der Waals surface area contributed by atoms with E-state index in [1.54, 1.807) is 6.07 Å². The molecule has 0 saturated carbocycles. The van der Waals surface area contributed by atoms with E-state index in [0.717, 1.165) is 0 Å². The van der Waals surface area contributed by atoms with Crippen LogP contribution < -0.4 is 16.6 Å². The fourth-order valence-corrected chi connectivity index (χ4v) is 3.15. The number of hydrogen-bond acceptors (Lipinski definition) is 7. The molecule has 10 heteroatoms. The molecule has 1 aliphatic rings. The molecule has 0 bridgehead atoms. The van der Waals surface area contributed by atoms with Crippen molar-refractivity contribution in [3.63, 3.8) is 0 Å². The molecule has 0 spiro atoms. The van der Waals surface area contributed by atoms with Gasteiger partial charge in [0.2, 0.25) is 0 Å². The second-order valence-electron chi connectivity index (χ2n) is 5.64. The van der Waals surface area contributed by atoms with Gasteiger partial charge in [-0.15, -0.1) is 0 Å². The van der Waals surface area contributed by atoms with Crippen molar-refractivity contribution in [2.45, 2.75) is 5.92 Å². The molecule has 2 atom stereocenters. The number of anilines is 1. The topological polar surface area (TPSA) is 147 Å². The van der Waals surface area contributed by atoms with Crippen molar-refractivity contribution in [2.24, 2.45) is 5.92 Å². The second kappa shape index (κ2) is 6.31. The van der Waals surface area contributed by atoms with Gasteiger partial charge in [0, 0.05) is 23.2 Å². The lowest BCUT2D eigenvalue weighted by atomic mass is 9.76. The van der Waals surface area contributed by atoms with Gasteiger partial charge < -0.3 is 10.1 Å². The number of nitrogens with one attached hydrogen (secondary N) is 3. The van der Waals surface area contributed by atoms with E-state index < -0.39 is 34.0 Å². The third kappa shape index (κ3) is 2.66. The van der Waals surface area contributed by atoms with Crippen LogP contribution >= 0.6 is 0 Å². The van der Waals surface area contributed by atoms with Crippen LogP contribution in [0.15, 0.2) is 46.1 Å². The lowest BCUT2D eigenvalue weighted by molar-refractivity contribution is -0.385. The quantitative estimate of drug-likeness (QED) is 0.418. The van der Waals surface area contributed by atoms with Crippen LogP contribution in [0.1, 0.15) is 17.0 Å². The summed E-state index contributed by atoms with van der Waals surface area (Å²) in [4.78, 5) is 51.7. The molecule has 1 aliphatic heterocycles. The minimum Gasteiger partial charge on any atom is -0.468 e. The maximum absolute atomic E-state index is 12.4. The zero-order valence-electron chi connectivity index (χ0n) is 13.6. The van der Waals surface area contributed by atoms with E-state index in [2.05, 4.69) is 21.9 Å². The molecule has 26 heavy (non-hydrogen) atoms. The van der Waals surface area contributed by atoms with Crippen molar-refractivity contribution in [1.29, 1.82) is 0 Å². The highest BCUT2D eigenvalue weighted by molar-refractivity contribution is 5.81. The number of nitrogens with zero attached hydrogens (tertiary/aromatic N) is 1. The summed E-state index contributed by atoms with van der Waals surface area (Å²) in [5.74, 6) is -2.84. The molecule has 3 N–H and O–H groups in total. The molecule has 1 aromatic heterocycles. The van der Waals surface area contributed by atoms with Crippen molar-refractivity contribution in [2.75, 3.05) is 12.4 Å². The number of para-hydroxylation sites is 1. The Bertz CT molecular complexity index is 1040. The molecule has 10 nitrogen and oxygen atoms in total. The van der Waals surface area contributed by atoms with Crippen LogP contribution in [-0.4, -0.2) is 28.0 Å². The largest absolute Gasteiger partial charge is 0.468 e. The van der Waals surface area contributed by atoms with Crippen LogP contribution in [0.2, 0.25) is 0 Å². The fourth-order valence-electron chi connectivity index (χ4n) is 3.15. The highest BCUT2D eigenvalue weighted by atomic mass is 16.6. The summed E-state index contributed by atoms with van der Waals surface area (Å²) < 4.78 is 4.80. The molecule has 0 fully saturated rings. The number of fused-ring (bicyclic) bond motifs is 1. The first kappa shape index (κ1) is 17.1. The minimum atomic E-state index is -1.10. The van der Waals surface area contributed by atoms with Crippen molar-refractivity contribution >= 4 is 17.5 Å². The highest BCUT2D eigenvalue weighted by Crippen LogP contribution is 2.44. The summed E-state index contributed by atoms with van der Waals surface area (Å²) in [6.45, 7) is 3.76. The summed E-state index contributed by atoms with van der Waals surface area (Å²) in [5, 5.41) is 14.2. The number of H-pyrrole nitrogens is 2. The number of benzene rings is 1. The standard InChI is InChI=1S/C16H14N4O6/c1-7-10(15(22)26-2)11(8-5-3-4-6-9(8)20(24)25)12-13(17-7)18-16(23)19-14(12)21/h3-6,10-11H,1H2,2H3,(H3,17,18,19,21,23). The molecule has 134 valence electrons. The number of nitro benzene ring substituents is 1. The average molecular weight is 358 g/mol. The normalized spacial score (nSPS) is 18.6. The average Bonchev–Trinajstić information content (AvgIpc) is 2.59. The molecular formula is C16H14N4O6. The molecule has 2 heterocycles. The lowest BCUT2D eigenvalue weighted by Crippen LogP contribution is -2.40. The van der Waals surface area contributed by atoms with Crippen molar-refractivity contribution < 1.29 is 14.5 Å². The molecule has 2 aromatic rings. The monoisotopic (exact) mass is 358 g/mol. The molecule has 0 radical (unpaired) electrons. The van der Waals surface area contributed by atoms with Crippen LogP contribution in [0.4, 0.5) is 11.5 Å². The first-order valence-electron chi connectivity index (χ1n) is 7.48. The van der Waals surface area contributed by atoms with Gasteiger partial charge in [0.25, 0.3) is 11.2 Å². The predicted octanol–water partition coefficient (Wildman–Crippen LogP) is 0.832. The summed E-state index contributed by atoms with van der Waals surface area (Å²) in [6, 6.07) is 5.75. The molecule has 0 aliphatic carbocycles. The highest BCUT2D eigenvalue weighted by Gasteiger charge is 2.43. The van der Waals surface area contributed by atoms with E-state index in [9.17, 15) is 24.5 Å². The van der Waals surface area contributed by atoms with Crippen LogP contribution in [-0.2, 0) is 9.53 Å². The maximum atomic E-state index is 12.4. The van der Waals surface area contributed by atoms with Gasteiger partial charge >= 0.3 is 11.7 Å². The number of carbonyl (C=O) groups is 1. The third-order valence-electron chi connectivity index (χ3n) is 4.21. The fraction of sp³-hybridized carbons (Fsp3) is 0.188. The smallest absolute Gasteiger partial charge is 0.327 e. The van der Waals surface area contributed by atoms with Gasteiger partial charge in [-0.2, -0.15) is 0 Å². The molecule has 3 rings (SSSR count). The van der Waals surface area contributed by atoms with E-state index in [4.69, 9.17) is 4.74 Å². The van der Waals surface area contributed by atoms with Crippen molar-refractivity contribution in [1.82, 2.24) is 9.97 Å². The number of rotatable bonds is 3. The lowest BCUT2D eigenvalue weighted by Gasteiger charge is -2.33. The molecule has 0 saturated heterocycles. The number of aromatic amines is 2. The summed E-state index contributed by atoms with van der Waals surface area (Å²) in [6.07, 6.45) is 0. The Morgan fingerprint density at radius 3 is 2.62 bits per heavy atom. The molecule has 1 aromatic carbocycles. The summed E-state index contributed by atoms with van der Waals surface area (Å²) in [7, 11) is 1.17. The Morgan fingerprint density at radius 1 is 1.27 bits per heavy atom. The molecule has 2 unspecified atom stereocenters. The maximum Gasteiger partial charge on any atom is 0.327 e. The van der Waals surface area contributed by atoms with Gasteiger partial charge in [-0.25, -0.2) is 4.79 Å². The Hall–Kier alpha value is -3.69. The Balaban J connectivity index is 2.37. The van der Waals surface area contributed by atoms with Gasteiger partial charge in [-0.1, -0.05) is 24.8 Å². The number of aromatic nitrogens is 2. The van der Waals surface area contributed by atoms with Gasteiger partial charge in [0.1, 0.15) is 11.7 Å². The SMILES string of the molecule is C=C1Nc2[nH]c(=O)[nH]c(=O)c2C(c2ccccc2[N+](=O)[O-])C1C(=O)OC. The van der Waals surface area contributed by atoms with Crippen LogP contribution in [0.5, 0.6) is 0 Å². The molecular weight excluding hydrogens is 344 g/mol. The van der Waals surface area contributed by atoms with E-state index in [1.807, 2.05) is 0 Å². The van der Waals surface area contributed by atoms with Gasteiger partial charge in [0.15, 0.2) is 0 Å². The number of ether oxygens (including phenoxy) is 1. The van der Waals surface area contributed by atoms with E-state index in [0.29, 0.717) is 0 Å². The molecule has 0 amide bonds. The first-order valence-corrected chi connectivity index (χ1v) is 7.48. The van der Waals surface area contributed by atoms with Crippen LogP contribution in [0, 0.1) is 16.0 Å². The number of esters is 1. The summed E-state index contributed by atoms with van der Waals surface area (Å²) >= 11 is 0. The first-order chi connectivity index (χ1) is 12.3. The zero-order valence-corrected chi connectivity index (χ0v) is 13.6. The van der Waals surface area contributed by atoms with Gasteiger partial charge in [-0.3, -0.25) is 29.7 Å². The van der Waals surface area contributed by atoms with Crippen LogP contribution in [0.3, 0.4) is 0 Å². The summed E-state index contributed by atoms with van der Waals surface area (Å²) in [5.41, 5.74) is -1.52. The van der Waals surface area contributed by atoms with E-state index >= 15 is 0 Å². The minimum absolute atomic E-state index is 0.0123. The Morgan fingerprint density at radius 2 is 1.96 bits per heavy atom. The van der Waals surface area contributed by atoms with Crippen molar-refractivity contribution in [3.05, 3.63) is 78.6 Å². The Labute approximate surface area is 145 Å². The number of methoxy groups -OCH3 is 1. The number of hydrogen-bond donors (Lipinski definition) is 3. The number of nitro groups is 1. The Kier molecular flexibility index (Phi) is 4.16. The predicted molar refractivity (Wildman–Crippen MR) is 90.9 cm³/mol. The second-order valence-corrected chi connectivity index (χ2v) is 5.64. The van der Waals surface area contributed by atoms with E-state index in [-0.39, 0.29) is 28.3 Å².